The minimum atomic E-state index is -0.210. The van der Waals surface area contributed by atoms with Gasteiger partial charge in [-0.2, -0.15) is 0 Å². The number of para-hydroxylation sites is 1. The number of carbonyl (C=O) groups excluding carboxylic acids is 1. The molecule has 0 atom stereocenters. The molecule has 1 aromatic carbocycles. The van der Waals surface area contributed by atoms with Crippen molar-refractivity contribution in [1.82, 2.24) is 5.32 Å². The molecular formula is C17H28N2O2. The van der Waals surface area contributed by atoms with Crippen LogP contribution in [0.4, 0.5) is 10.5 Å². The second-order valence-electron chi connectivity index (χ2n) is 7.24. The Labute approximate surface area is 128 Å². The van der Waals surface area contributed by atoms with Crippen molar-refractivity contribution >= 4 is 11.7 Å². The van der Waals surface area contributed by atoms with Crippen molar-refractivity contribution in [2.24, 2.45) is 5.41 Å². The Hall–Kier alpha value is -1.55. The lowest BCUT2D eigenvalue weighted by molar-refractivity contribution is 0.204. The highest BCUT2D eigenvalue weighted by atomic mass is 16.3. The first-order chi connectivity index (χ1) is 9.65. The average Bonchev–Trinajstić information content (AvgIpc) is 2.36. The highest BCUT2D eigenvalue weighted by molar-refractivity contribution is 5.90. The molecule has 0 unspecified atom stereocenters. The maximum absolute atomic E-state index is 12.1. The van der Waals surface area contributed by atoms with Crippen LogP contribution in [0.3, 0.4) is 0 Å². The molecule has 2 amide bonds. The van der Waals surface area contributed by atoms with E-state index < -0.39 is 0 Å². The Balaban J connectivity index is 2.68. The first-order valence-electron chi connectivity index (χ1n) is 7.41. The summed E-state index contributed by atoms with van der Waals surface area (Å²) in [6.45, 7) is 11.1. The van der Waals surface area contributed by atoms with Gasteiger partial charge in [-0.25, -0.2) is 4.79 Å². The standard InChI is InChI=1S/C17H28N2O2/c1-16(2,3)13-8-6-7-9-14(13)19-15(21)18-12-17(4,5)10-11-20/h6-9,20H,10-12H2,1-5H3,(H2,18,19,21). The number of aliphatic hydroxyl groups excluding tert-OH is 1. The molecular weight excluding hydrogens is 264 g/mol. The molecule has 0 fully saturated rings. The van der Waals surface area contributed by atoms with Crippen molar-refractivity contribution in [3.05, 3.63) is 29.8 Å². The van der Waals surface area contributed by atoms with Crippen LogP contribution in [0, 0.1) is 5.41 Å². The lowest BCUT2D eigenvalue weighted by atomic mass is 9.86. The average molecular weight is 292 g/mol. The van der Waals surface area contributed by atoms with Gasteiger partial charge in [-0.3, -0.25) is 0 Å². The third-order valence-electron chi connectivity index (χ3n) is 3.50. The Morgan fingerprint density at radius 3 is 2.33 bits per heavy atom. The van der Waals surface area contributed by atoms with E-state index in [2.05, 4.69) is 31.4 Å². The molecule has 21 heavy (non-hydrogen) atoms. The van der Waals surface area contributed by atoms with Crippen LogP contribution in [-0.4, -0.2) is 24.3 Å². The maximum Gasteiger partial charge on any atom is 0.319 e. The van der Waals surface area contributed by atoms with Gasteiger partial charge in [0.25, 0.3) is 0 Å². The van der Waals surface area contributed by atoms with Gasteiger partial charge in [-0.05, 0) is 28.9 Å². The van der Waals surface area contributed by atoms with Crippen LogP contribution in [0.1, 0.15) is 46.6 Å². The molecule has 0 heterocycles. The van der Waals surface area contributed by atoms with Crippen LogP contribution in [0.15, 0.2) is 24.3 Å². The second kappa shape index (κ2) is 6.94. The number of benzene rings is 1. The number of rotatable bonds is 5. The van der Waals surface area contributed by atoms with E-state index in [1.165, 1.54) is 0 Å². The van der Waals surface area contributed by atoms with Crippen LogP contribution in [0.25, 0.3) is 0 Å². The largest absolute Gasteiger partial charge is 0.396 e. The van der Waals surface area contributed by atoms with Crippen LogP contribution in [0.5, 0.6) is 0 Å². The summed E-state index contributed by atoms with van der Waals surface area (Å²) in [5.74, 6) is 0. The molecule has 0 saturated heterocycles. The molecule has 1 rings (SSSR count). The van der Waals surface area contributed by atoms with Gasteiger partial charge in [0.05, 0.1) is 0 Å². The van der Waals surface area contributed by atoms with Crippen molar-refractivity contribution < 1.29 is 9.90 Å². The number of nitrogens with one attached hydrogen (secondary N) is 2. The summed E-state index contributed by atoms with van der Waals surface area (Å²) in [6.07, 6.45) is 0.659. The molecule has 0 aliphatic heterocycles. The maximum atomic E-state index is 12.1. The van der Waals surface area contributed by atoms with E-state index in [0.29, 0.717) is 13.0 Å². The molecule has 0 aliphatic carbocycles. The Morgan fingerprint density at radius 2 is 1.76 bits per heavy atom. The van der Waals surface area contributed by atoms with E-state index in [-0.39, 0.29) is 23.5 Å². The second-order valence-corrected chi connectivity index (χ2v) is 7.24. The molecule has 118 valence electrons. The molecule has 0 aromatic heterocycles. The number of urea groups is 1. The van der Waals surface area contributed by atoms with E-state index in [4.69, 9.17) is 5.11 Å². The molecule has 0 saturated carbocycles. The summed E-state index contributed by atoms with van der Waals surface area (Å²) in [5.41, 5.74) is 1.80. The van der Waals surface area contributed by atoms with E-state index in [0.717, 1.165) is 11.3 Å². The number of anilines is 1. The van der Waals surface area contributed by atoms with Gasteiger partial charge in [0.2, 0.25) is 0 Å². The lowest BCUT2D eigenvalue weighted by Gasteiger charge is -2.25. The normalized spacial score (nSPS) is 12.1. The summed E-state index contributed by atoms with van der Waals surface area (Å²) in [4.78, 5) is 12.1. The van der Waals surface area contributed by atoms with Crippen molar-refractivity contribution in [3.63, 3.8) is 0 Å². The molecule has 0 aliphatic rings. The van der Waals surface area contributed by atoms with Gasteiger partial charge in [-0.15, -0.1) is 0 Å². The topological polar surface area (TPSA) is 61.4 Å². The smallest absolute Gasteiger partial charge is 0.319 e. The van der Waals surface area contributed by atoms with Gasteiger partial charge in [-0.1, -0.05) is 52.8 Å². The quantitative estimate of drug-likeness (QED) is 0.777. The van der Waals surface area contributed by atoms with E-state index >= 15 is 0 Å². The molecule has 0 spiro atoms. The van der Waals surface area contributed by atoms with Gasteiger partial charge in [0.1, 0.15) is 0 Å². The molecule has 0 radical (unpaired) electrons. The zero-order chi connectivity index (χ0) is 16.1. The summed E-state index contributed by atoms with van der Waals surface area (Å²) >= 11 is 0. The number of aliphatic hydroxyl groups is 1. The molecule has 3 N–H and O–H groups in total. The monoisotopic (exact) mass is 292 g/mol. The number of amides is 2. The van der Waals surface area contributed by atoms with Crippen molar-refractivity contribution in [2.75, 3.05) is 18.5 Å². The lowest BCUT2D eigenvalue weighted by Crippen LogP contribution is -2.37. The predicted molar refractivity (Wildman–Crippen MR) is 87.6 cm³/mol. The first-order valence-corrected chi connectivity index (χ1v) is 7.41. The minimum Gasteiger partial charge on any atom is -0.396 e. The van der Waals surface area contributed by atoms with Crippen LogP contribution in [0.2, 0.25) is 0 Å². The molecule has 0 bridgehead atoms. The fourth-order valence-corrected chi connectivity index (χ4v) is 2.12. The summed E-state index contributed by atoms with van der Waals surface area (Å²) in [7, 11) is 0. The van der Waals surface area contributed by atoms with Crippen molar-refractivity contribution in [3.8, 4) is 0 Å². The zero-order valence-corrected chi connectivity index (χ0v) is 13.8. The molecule has 4 nitrogen and oxygen atoms in total. The predicted octanol–water partition coefficient (Wildman–Crippen LogP) is 3.51. The highest BCUT2D eigenvalue weighted by Gasteiger charge is 2.20. The van der Waals surface area contributed by atoms with Crippen LogP contribution >= 0.6 is 0 Å². The molecule has 4 heteroatoms. The summed E-state index contributed by atoms with van der Waals surface area (Å²) in [5, 5.41) is 14.8. The number of hydrogen-bond donors (Lipinski definition) is 3. The summed E-state index contributed by atoms with van der Waals surface area (Å²) in [6, 6.07) is 7.64. The van der Waals surface area contributed by atoms with Gasteiger partial charge < -0.3 is 15.7 Å². The first kappa shape index (κ1) is 17.5. The zero-order valence-electron chi connectivity index (χ0n) is 13.8. The molecule has 1 aromatic rings. The Morgan fingerprint density at radius 1 is 1.14 bits per heavy atom. The van der Waals surface area contributed by atoms with E-state index in [1.807, 2.05) is 38.1 Å². The fourth-order valence-electron chi connectivity index (χ4n) is 2.12. The number of carbonyl (C=O) groups is 1. The Bertz CT molecular complexity index is 476. The minimum absolute atomic E-state index is 0.0277. The van der Waals surface area contributed by atoms with Crippen molar-refractivity contribution in [1.29, 1.82) is 0 Å². The Kier molecular flexibility index (Phi) is 5.78. The fraction of sp³-hybridized carbons (Fsp3) is 0.588. The van der Waals surface area contributed by atoms with E-state index in [9.17, 15) is 4.79 Å². The highest BCUT2D eigenvalue weighted by Crippen LogP contribution is 2.29. The third kappa shape index (κ3) is 5.76. The van der Waals surface area contributed by atoms with Gasteiger partial charge in [0.15, 0.2) is 0 Å². The van der Waals surface area contributed by atoms with Crippen molar-refractivity contribution in [2.45, 2.75) is 46.5 Å². The number of hydrogen-bond acceptors (Lipinski definition) is 2. The van der Waals surface area contributed by atoms with E-state index in [1.54, 1.807) is 0 Å². The van der Waals surface area contributed by atoms with Crippen LogP contribution in [-0.2, 0) is 5.41 Å². The van der Waals surface area contributed by atoms with Gasteiger partial charge >= 0.3 is 6.03 Å². The summed E-state index contributed by atoms with van der Waals surface area (Å²) < 4.78 is 0. The third-order valence-corrected chi connectivity index (χ3v) is 3.50. The SMILES string of the molecule is CC(C)(CCO)CNC(=O)Nc1ccccc1C(C)(C)C. The van der Waals surface area contributed by atoms with Gasteiger partial charge in [0, 0.05) is 18.8 Å². The van der Waals surface area contributed by atoms with Crippen LogP contribution < -0.4 is 10.6 Å².